The number of morpholine rings is 1. The Hall–Kier alpha value is -1.19. The fraction of sp³-hybridized carbons (Fsp3) is 0.562. The Bertz CT molecular complexity index is 729. The maximum atomic E-state index is 12.3. The lowest BCUT2D eigenvalue weighted by Crippen LogP contribution is -2.48. The summed E-state index contributed by atoms with van der Waals surface area (Å²) in [6.07, 6.45) is 0.146. The van der Waals surface area contributed by atoms with E-state index in [1.165, 1.54) is 26.2 Å². The van der Waals surface area contributed by atoms with E-state index in [-0.39, 0.29) is 34.6 Å². The number of benzene rings is 1. The minimum Gasteiger partial charge on any atom is -0.373 e. The highest BCUT2D eigenvalue weighted by molar-refractivity contribution is 7.89. The van der Waals surface area contributed by atoms with E-state index in [9.17, 15) is 13.2 Å². The molecule has 25 heavy (non-hydrogen) atoms. The van der Waals surface area contributed by atoms with Gasteiger partial charge in [-0.1, -0.05) is 11.6 Å². The molecule has 1 aliphatic heterocycles. The highest BCUT2D eigenvalue weighted by Crippen LogP contribution is 2.26. The van der Waals surface area contributed by atoms with Crippen molar-refractivity contribution in [3.05, 3.63) is 23.2 Å². The third-order valence-corrected chi connectivity index (χ3v) is 6.13. The predicted octanol–water partition coefficient (Wildman–Crippen LogP) is 1.64. The quantitative estimate of drug-likeness (QED) is 0.828. The summed E-state index contributed by atoms with van der Waals surface area (Å²) >= 11 is 6.01. The van der Waals surface area contributed by atoms with Gasteiger partial charge < -0.3 is 10.1 Å². The summed E-state index contributed by atoms with van der Waals surface area (Å²) in [5.74, 6) is -0.211. The lowest BCUT2D eigenvalue weighted by Gasteiger charge is -2.34. The second-order valence-electron chi connectivity index (χ2n) is 6.43. The molecule has 0 bridgehead atoms. The number of anilines is 1. The molecule has 9 heteroatoms. The lowest BCUT2D eigenvalue weighted by molar-refractivity contribution is -0.121. The molecule has 0 radical (unpaired) electrons. The number of carbonyl (C=O) groups is 1. The maximum absolute atomic E-state index is 12.3. The number of rotatable bonds is 5. The summed E-state index contributed by atoms with van der Waals surface area (Å²) in [5, 5.41) is 2.85. The number of sulfonamides is 1. The fourth-order valence-electron chi connectivity index (χ4n) is 2.79. The van der Waals surface area contributed by atoms with Crippen LogP contribution in [0.25, 0.3) is 0 Å². The molecule has 0 aromatic heterocycles. The number of ether oxygens (including phenoxy) is 1. The van der Waals surface area contributed by atoms with Gasteiger partial charge in [0.2, 0.25) is 15.9 Å². The molecule has 1 heterocycles. The van der Waals surface area contributed by atoms with Gasteiger partial charge in [0.1, 0.15) is 4.90 Å². The van der Waals surface area contributed by atoms with Gasteiger partial charge in [-0.05, 0) is 32.0 Å². The van der Waals surface area contributed by atoms with Crippen molar-refractivity contribution in [3.63, 3.8) is 0 Å². The molecule has 0 unspecified atom stereocenters. The Kier molecular flexibility index (Phi) is 6.45. The first-order valence-electron chi connectivity index (χ1n) is 7.99. The molecule has 1 N–H and O–H groups in total. The second-order valence-corrected chi connectivity index (χ2v) is 8.96. The standard InChI is InChI=1S/C16H24ClN3O4S/c1-11-8-20(9-12(2)24-11)10-16(21)18-13-5-6-14(17)15(7-13)25(22,23)19(3)4/h5-7,11-12H,8-10H2,1-4H3,(H,18,21)/t11-,12+. The van der Waals surface area contributed by atoms with E-state index >= 15 is 0 Å². The molecule has 0 spiro atoms. The molecule has 1 aromatic rings. The zero-order valence-corrected chi connectivity index (χ0v) is 16.4. The predicted molar refractivity (Wildman–Crippen MR) is 97.4 cm³/mol. The van der Waals surface area contributed by atoms with Gasteiger partial charge in [0.15, 0.2) is 0 Å². The summed E-state index contributed by atoms with van der Waals surface area (Å²) in [6, 6.07) is 4.42. The van der Waals surface area contributed by atoms with E-state index in [0.717, 1.165) is 4.31 Å². The van der Waals surface area contributed by atoms with Crippen LogP contribution in [0.3, 0.4) is 0 Å². The van der Waals surface area contributed by atoms with E-state index in [1.54, 1.807) is 6.07 Å². The van der Waals surface area contributed by atoms with Crippen molar-refractivity contribution in [1.82, 2.24) is 9.21 Å². The summed E-state index contributed by atoms with van der Waals surface area (Å²) in [6.45, 7) is 5.52. The van der Waals surface area contributed by atoms with E-state index in [0.29, 0.717) is 18.8 Å². The molecule has 0 saturated carbocycles. The molecule has 1 fully saturated rings. The number of carbonyl (C=O) groups excluding carboxylic acids is 1. The van der Waals surface area contributed by atoms with Crippen LogP contribution in [0.4, 0.5) is 5.69 Å². The van der Waals surface area contributed by atoms with E-state index in [4.69, 9.17) is 16.3 Å². The molecule has 0 aliphatic carbocycles. The smallest absolute Gasteiger partial charge is 0.244 e. The van der Waals surface area contributed by atoms with Crippen LogP contribution in [0.15, 0.2) is 23.1 Å². The average Bonchev–Trinajstić information content (AvgIpc) is 2.47. The minimum atomic E-state index is -3.68. The first-order valence-corrected chi connectivity index (χ1v) is 9.81. The van der Waals surface area contributed by atoms with Gasteiger partial charge >= 0.3 is 0 Å². The molecule has 1 aromatic carbocycles. The fourth-order valence-corrected chi connectivity index (χ4v) is 4.19. The highest BCUT2D eigenvalue weighted by Gasteiger charge is 2.24. The molecular formula is C16H24ClN3O4S. The van der Waals surface area contributed by atoms with Crippen LogP contribution in [0.1, 0.15) is 13.8 Å². The van der Waals surface area contributed by atoms with Crippen molar-refractivity contribution in [2.75, 3.05) is 39.0 Å². The van der Waals surface area contributed by atoms with Crippen molar-refractivity contribution in [2.24, 2.45) is 0 Å². The summed E-state index contributed by atoms with van der Waals surface area (Å²) in [5.41, 5.74) is 0.393. The highest BCUT2D eigenvalue weighted by atomic mass is 35.5. The SMILES string of the molecule is C[C@@H]1CN(CC(=O)Nc2ccc(Cl)c(S(=O)(=O)N(C)C)c2)C[C@H](C)O1. The van der Waals surface area contributed by atoms with Gasteiger partial charge in [-0.25, -0.2) is 12.7 Å². The molecule has 2 atom stereocenters. The molecule has 1 amide bonds. The van der Waals surface area contributed by atoms with Gasteiger partial charge in [-0.3, -0.25) is 9.69 Å². The number of nitrogens with zero attached hydrogens (tertiary/aromatic N) is 2. The number of hydrogen-bond donors (Lipinski definition) is 1. The van der Waals surface area contributed by atoms with Crippen LogP contribution in [0.5, 0.6) is 0 Å². The Morgan fingerprint density at radius 3 is 2.48 bits per heavy atom. The van der Waals surface area contributed by atoms with Gasteiger partial charge in [-0.15, -0.1) is 0 Å². The number of hydrogen-bond acceptors (Lipinski definition) is 5. The lowest BCUT2D eigenvalue weighted by atomic mass is 10.2. The Morgan fingerprint density at radius 2 is 1.92 bits per heavy atom. The van der Waals surface area contributed by atoms with Crippen LogP contribution < -0.4 is 5.32 Å². The zero-order valence-electron chi connectivity index (χ0n) is 14.8. The van der Waals surface area contributed by atoms with Crippen molar-refractivity contribution < 1.29 is 17.9 Å². The summed E-state index contributed by atoms with van der Waals surface area (Å²) in [4.78, 5) is 14.3. The Balaban J connectivity index is 2.09. The molecular weight excluding hydrogens is 366 g/mol. The monoisotopic (exact) mass is 389 g/mol. The van der Waals surface area contributed by atoms with Gasteiger partial charge in [0.25, 0.3) is 0 Å². The summed E-state index contributed by atoms with van der Waals surface area (Å²) in [7, 11) is -0.828. The average molecular weight is 390 g/mol. The maximum Gasteiger partial charge on any atom is 0.244 e. The molecule has 1 saturated heterocycles. The second kappa shape index (κ2) is 8.01. The van der Waals surface area contributed by atoms with E-state index in [2.05, 4.69) is 5.32 Å². The minimum absolute atomic E-state index is 0.0365. The molecule has 2 rings (SSSR count). The largest absolute Gasteiger partial charge is 0.373 e. The van der Waals surface area contributed by atoms with Crippen molar-refractivity contribution in [2.45, 2.75) is 31.0 Å². The molecule has 7 nitrogen and oxygen atoms in total. The van der Waals surface area contributed by atoms with Crippen LogP contribution in [-0.2, 0) is 19.6 Å². The zero-order chi connectivity index (χ0) is 18.8. The molecule has 1 aliphatic rings. The van der Waals surface area contributed by atoms with Crippen molar-refractivity contribution >= 4 is 33.2 Å². The van der Waals surface area contributed by atoms with Gasteiger partial charge in [0.05, 0.1) is 23.8 Å². The number of nitrogens with one attached hydrogen (secondary N) is 1. The number of amides is 1. The van der Waals surface area contributed by atoms with Gasteiger partial charge in [0, 0.05) is 32.9 Å². The van der Waals surface area contributed by atoms with Crippen molar-refractivity contribution in [1.29, 1.82) is 0 Å². The van der Waals surface area contributed by atoms with Crippen molar-refractivity contribution in [3.8, 4) is 0 Å². The van der Waals surface area contributed by atoms with Crippen LogP contribution in [-0.4, -0.2) is 69.5 Å². The normalized spacial score (nSPS) is 22.2. The van der Waals surface area contributed by atoms with Crippen LogP contribution in [0, 0.1) is 0 Å². The van der Waals surface area contributed by atoms with E-state index < -0.39 is 10.0 Å². The molecule has 140 valence electrons. The topological polar surface area (TPSA) is 79.0 Å². The first-order chi connectivity index (χ1) is 11.6. The van der Waals surface area contributed by atoms with Gasteiger partial charge in [-0.2, -0.15) is 0 Å². The van der Waals surface area contributed by atoms with E-state index in [1.807, 2.05) is 18.7 Å². The summed E-state index contributed by atoms with van der Waals surface area (Å²) < 4.78 is 31.3. The van der Waals surface area contributed by atoms with Crippen LogP contribution in [0.2, 0.25) is 5.02 Å². The third kappa shape index (κ3) is 5.15. The Morgan fingerprint density at radius 1 is 1.32 bits per heavy atom. The number of halogens is 1. The Labute approximate surface area is 153 Å². The third-order valence-electron chi connectivity index (χ3n) is 3.84. The first kappa shape index (κ1) is 20.1. The van der Waals surface area contributed by atoms with Crippen LogP contribution >= 0.6 is 11.6 Å².